The molecular weight excluding hydrogens is 529 g/mol. The van der Waals surface area contributed by atoms with Gasteiger partial charge >= 0.3 is 18.2 Å². The quantitative estimate of drug-likeness (QED) is 0.189. The van der Waals surface area contributed by atoms with Gasteiger partial charge in [0.25, 0.3) is 0 Å². The average molecular weight is 553 g/mol. The van der Waals surface area contributed by atoms with Gasteiger partial charge in [-0.3, -0.25) is 0 Å². The minimum atomic E-state index is -4.49. The number of hydrogen-bond donors (Lipinski definition) is 4. The Morgan fingerprint density at radius 2 is 0.974 bits per heavy atom. The van der Waals surface area contributed by atoms with Gasteiger partial charge in [0.2, 0.25) is 0 Å². The van der Waals surface area contributed by atoms with E-state index in [-0.39, 0.29) is 5.69 Å². The number of alkyl halides is 3. The Kier molecular flexibility index (Phi) is 8.73. The van der Waals surface area contributed by atoms with Crippen molar-refractivity contribution in [3.63, 3.8) is 0 Å². The lowest BCUT2D eigenvalue weighted by molar-refractivity contribution is -0.137. The number of amides is 4. The summed E-state index contributed by atoms with van der Waals surface area (Å²) in [4.78, 5) is 26.1. The highest BCUT2D eigenvalue weighted by atomic mass is 35.5. The molecule has 0 unspecified atom stereocenters. The molecule has 0 saturated carbocycles. The summed E-state index contributed by atoms with van der Waals surface area (Å²) in [5.41, 5.74) is 1.29. The molecule has 10 heteroatoms. The van der Waals surface area contributed by atoms with Crippen molar-refractivity contribution in [1.29, 1.82) is 0 Å². The maximum atomic E-state index is 13.0. The van der Waals surface area contributed by atoms with Crippen molar-refractivity contribution in [2.24, 2.45) is 0 Å². The maximum absolute atomic E-state index is 13.0. The highest BCUT2D eigenvalue weighted by Gasteiger charge is 2.31. The van der Waals surface area contributed by atoms with Crippen LogP contribution in [0.15, 0.2) is 109 Å². The number of carbonyl (C=O) groups excluding carboxylic acids is 2. The van der Waals surface area contributed by atoms with Gasteiger partial charge in [-0.25, -0.2) is 9.59 Å². The molecule has 4 N–H and O–H groups in total. The Balaban J connectivity index is 1.59. The first kappa shape index (κ1) is 27.5. The second-order valence-electron chi connectivity index (χ2n) is 8.56. The van der Waals surface area contributed by atoms with E-state index < -0.39 is 35.9 Å². The lowest BCUT2D eigenvalue weighted by atomic mass is 9.93. The fourth-order valence-corrected chi connectivity index (χ4v) is 4.06. The fraction of sp³-hybridized carbons (Fsp3) is 0.103. The van der Waals surface area contributed by atoms with Crippen LogP contribution in [0.3, 0.4) is 0 Å². The van der Waals surface area contributed by atoms with Crippen molar-refractivity contribution < 1.29 is 22.8 Å². The Labute approximate surface area is 228 Å². The topological polar surface area (TPSA) is 82.3 Å². The van der Waals surface area contributed by atoms with Crippen molar-refractivity contribution in [2.45, 2.75) is 18.3 Å². The van der Waals surface area contributed by atoms with Crippen LogP contribution in [0.4, 0.5) is 34.1 Å². The molecule has 0 heterocycles. The Bertz CT molecular complexity index is 1380. The van der Waals surface area contributed by atoms with E-state index in [1.54, 1.807) is 48.5 Å². The zero-order chi connectivity index (χ0) is 27.8. The van der Waals surface area contributed by atoms with E-state index >= 15 is 0 Å². The van der Waals surface area contributed by atoms with E-state index in [0.717, 1.165) is 12.1 Å². The first-order chi connectivity index (χ1) is 18.7. The van der Waals surface area contributed by atoms with Crippen LogP contribution < -0.4 is 21.3 Å². The molecule has 0 aliphatic carbocycles. The number of halogens is 4. The summed E-state index contributed by atoms with van der Waals surface area (Å²) in [6, 6.07) is 26.2. The monoisotopic (exact) mass is 552 g/mol. The summed E-state index contributed by atoms with van der Waals surface area (Å²) in [6.07, 6.45) is -4.49. The molecule has 0 aliphatic heterocycles. The van der Waals surface area contributed by atoms with Crippen LogP contribution in [-0.2, 0) is 6.18 Å². The molecule has 0 fully saturated rings. The lowest BCUT2D eigenvalue weighted by Crippen LogP contribution is -2.43. The summed E-state index contributed by atoms with van der Waals surface area (Å²) in [5, 5.41) is 11.7. The normalized spacial score (nSPS) is 12.6. The highest BCUT2D eigenvalue weighted by molar-refractivity contribution is 6.30. The second-order valence-corrected chi connectivity index (χ2v) is 8.99. The molecular formula is C29H24ClF3N4O2. The molecule has 0 aromatic heterocycles. The summed E-state index contributed by atoms with van der Waals surface area (Å²) < 4.78 is 38.7. The van der Waals surface area contributed by atoms with Gasteiger partial charge in [0.1, 0.15) is 0 Å². The van der Waals surface area contributed by atoms with Crippen LogP contribution in [0.5, 0.6) is 0 Å². The van der Waals surface area contributed by atoms with Gasteiger partial charge in [-0.2, -0.15) is 13.2 Å². The first-order valence-corrected chi connectivity index (χ1v) is 12.2. The van der Waals surface area contributed by atoms with Crippen molar-refractivity contribution in [2.75, 3.05) is 10.6 Å². The number of urea groups is 2. The van der Waals surface area contributed by atoms with E-state index in [0.29, 0.717) is 21.8 Å². The summed E-state index contributed by atoms with van der Waals surface area (Å²) >= 11 is 5.93. The van der Waals surface area contributed by atoms with E-state index in [1.807, 2.05) is 36.4 Å². The number of rotatable bonds is 7. The molecule has 4 aromatic carbocycles. The van der Waals surface area contributed by atoms with Gasteiger partial charge in [-0.15, -0.1) is 0 Å². The molecule has 0 bridgehead atoms. The van der Waals surface area contributed by atoms with Gasteiger partial charge < -0.3 is 21.3 Å². The Morgan fingerprint density at radius 3 is 1.36 bits per heavy atom. The van der Waals surface area contributed by atoms with Crippen LogP contribution >= 0.6 is 11.6 Å². The largest absolute Gasteiger partial charge is 0.416 e. The summed E-state index contributed by atoms with van der Waals surface area (Å²) in [5.74, 6) is 0. The molecule has 0 radical (unpaired) electrons. The third kappa shape index (κ3) is 7.75. The van der Waals surface area contributed by atoms with E-state index in [1.165, 1.54) is 12.1 Å². The van der Waals surface area contributed by atoms with Crippen molar-refractivity contribution in [1.82, 2.24) is 10.6 Å². The van der Waals surface area contributed by atoms with Crippen molar-refractivity contribution in [3.8, 4) is 0 Å². The molecule has 200 valence electrons. The Hall–Kier alpha value is -4.50. The third-order valence-corrected chi connectivity index (χ3v) is 6.05. The molecule has 0 saturated heterocycles. The number of benzene rings is 4. The van der Waals surface area contributed by atoms with Crippen LogP contribution in [0, 0.1) is 0 Å². The summed E-state index contributed by atoms with van der Waals surface area (Å²) in [7, 11) is 0. The zero-order valence-electron chi connectivity index (χ0n) is 20.4. The predicted octanol–water partition coefficient (Wildman–Crippen LogP) is 7.78. The lowest BCUT2D eigenvalue weighted by Gasteiger charge is -2.30. The number of hydrogen-bond acceptors (Lipinski definition) is 2. The molecule has 39 heavy (non-hydrogen) atoms. The predicted molar refractivity (Wildman–Crippen MR) is 146 cm³/mol. The molecule has 4 aromatic rings. The van der Waals surface area contributed by atoms with Gasteiger partial charge in [-0.1, -0.05) is 72.3 Å². The molecule has 0 spiro atoms. The standard InChI is InChI=1S/C29H24ClF3N4O2/c30-22-13-17-24(18-14-22)35-28(39)37-26(20-9-5-2-6-10-20)25(19-7-3-1-4-8-19)36-27(38)34-23-15-11-21(12-16-23)29(31,32)33/h1-18,25-26H,(H2,34,36,38)(H2,35,37,39)/t25-,26-/m0/s1. The molecule has 4 rings (SSSR count). The average Bonchev–Trinajstić information content (AvgIpc) is 2.93. The van der Waals surface area contributed by atoms with Gasteiger partial charge in [-0.05, 0) is 59.7 Å². The van der Waals surface area contributed by atoms with Crippen LogP contribution in [0.1, 0.15) is 28.8 Å². The smallest absolute Gasteiger partial charge is 0.329 e. The van der Waals surface area contributed by atoms with Crippen LogP contribution in [0.2, 0.25) is 5.02 Å². The zero-order valence-corrected chi connectivity index (χ0v) is 21.1. The number of nitrogens with one attached hydrogen (secondary N) is 4. The molecule has 4 amide bonds. The fourth-order valence-electron chi connectivity index (χ4n) is 3.93. The Morgan fingerprint density at radius 1 is 0.590 bits per heavy atom. The van der Waals surface area contributed by atoms with Crippen LogP contribution in [0.25, 0.3) is 0 Å². The van der Waals surface area contributed by atoms with Crippen molar-refractivity contribution in [3.05, 3.63) is 131 Å². The van der Waals surface area contributed by atoms with Gasteiger partial charge in [0, 0.05) is 16.4 Å². The van der Waals surface area contributed by atoms with Crippen molar-refractivity contribution >= 4 is 35.0 Å². The number of carbonyl (C=O) groups is 2. The third-order valence-electron chi connectivity index (χ3n) is 5.80. The van der Waals surface area contributed by atoms with E-state index in [9.17, 15) is 22.8 Å². The maximum Gasteiger partial charge on any atom is 0.416 e. The second kappa shape index (κ2) is 12.4. The minimum absolute atomic E-state index is 0.178. The highest BCUT2D eigenvalue weighted by Crippen LogP contribution is 2.31. The number of anilines is 2. The van der Waals surface area contributed by atoms with Gasteiger partial charge in [0.15, 0.2) is 0 Å². The summed E-state index contributed by atoms with van der Waals surface area (Å²) in [6.45, 7) is 0. The molecule has 2 atom stereocenters. The van der Waals surface area contributed by atoms with Crippen LogP contribution in [-0.4, -0.2) is 12.1 Å². The molecule has 6 nitrogen and oxygen atoms in total. The van der Waals surface area contributed by atoms with E-state index in [4.69, 9.17) is 11.6 Å². The SMILES string of the molecule is O=C(Nc1ccc(Cl)cc1)N[C@@H](c1ccccc1)[C@@H](NC(=O)Nc1ccc(C(F)(F)F)cc1)c1ccccc1. The minimum Gasteiger partial charge on any atom is -0.329 e. The molecule has 0 aliphatic rings. The van der Waals surface area contributed by atoms with Gasteiger partial charge in [0.05, 0.1) is 17.6 Å². The first-order valence-electron chi connectivity index (χ1n) is 11.9. The van der Waals surface area contributed by atoms with E-state index in [2.05, 4.69) is 21.3 Å².